The number of hydrogen-bond acceptors (Lipinski definition) is 2. The second-order valence-electron chi connectivity index (χ2n) is 4.20. The smallest absolute Gasteiger partial charge is 0.159 e. The van der Waals surface area contributed by atoms with E-state index in [4.69, 9.17) is 11.6 Å². The van der Waals surface area contributed by atoms with Gasteiger partial charge in [-0.1, -0.05) is 24.6 Å². The Kier molecular flexibility index (Phi) is 4.91. The number of likely N-dealkylation sites (N-methyl/N-ethyl adjacent to an activating group) is 1. The number of hydrogen-bond donors (Lipinski definition) is 1. The molecule has 0 fully saturated rings. The van der Waals surface area contributed by atoms with Gasteiger partial charge in [-0.25, -0.2) is 8.78 Å². The predicted molar refractivity (Wildman–Crippen MR) is 75.8 cm³/mol. The van der Waals surface area contributed by atoms with Crippen LogP contribution in [0.15, 0.2) is 30.3 Å². The zero-order valence-electron chi connectivity index (χ0n) is 10.4. The van der Waals surface area contributed by atoms with Gasteiger partial charge in [-0.3, -0.25) is 0 Å². The summed E-state index contributed by atoms with van der Waals surface area (Å²) in [5.74, 6) is -1.63. The molecule has 1 N–H and O–H groups in total. The van der Waals surface area contributed by atoms with Gasteiger partial charge in [0.15, 0.2) is 11.6 Å². The Labute approximate surface area is 120 Å². The highest BCUT2D eigenvalue weighted by molar-refractivity contribution is 7.16. The van der Waals surface area contributed by atoms with Gasteiger partial charge in [0.2, 0.25) is 0 Å². The largest absolute Gasteiger partial charge is 0.309 e. The summed E-state index contributed by atoms with van der Waals surface area (Å²) in [4.78, 5) is 1.09. The summed E-state index contributed by atoms with van der Waals surface area (Å²) < 4.78 is 26.8. The maximum Gasteiger partial charge on any atom is 0.159 e. The van der Waals surface area contributed by atoms with Gasteiger partial charge in [0.1, 0.15) is 0 Å². The summed E-state index contributed by atoms with van der Waals surface area (Å²) in [7, 11) is 0. The van der Waals surface area contributed by atoms with Gasteiger partial charge < -0.3 is 5.32 Å². The standard InChI is InChI=1S/C14H14ClF2NS/c1-2-18-12(13-5-6-14(15)19-13)8-9-3-4-10(16)11(17)7-9/h3-7,12,18H,2,8H2,1H3. The Bertz CT molecular complexity index is 556. The lowest BCUT2D eigenvalue weighted by Gasteiger charge is -2.16. The molecule has 0 saturated heterocycles. The van der Waals surface area contributed by atoms with Gasteiger partial charge in [0.25, 0.3) is 0 Å². The molecule has 19 heavy (non-hydrogen) atoms. The van der Waals surface area contributed by atoms with Crippen molar-refractivity contribution < 1.29 is 8.78 Å². The van der Waals surface area contributed by atoms with Crippen LogP contribution in [-0.2, 0) is 6.42 Å². The number of halogens is 3. The van der Waals surface area contributed by atoms with Gasteiger partial charge in [0.05, 0.1) is 4.34 Å². The molecule has 102 valence electrons. The topological polar surface area (TPSA) is 12.0 Å². The molecule has 1 atom stereocenters. The van der Waals surface area contributed by atoms with Gasteiger partial charge in [-0.2, -0.15) is 0 Å². The van der Waals surface area contributed by atoms with E-state index < -0.39 is 11.6 Å². The minimum Gasteiger partial charge on any atom is -0.309 e. The number of thiophene rings is 1. The van der Waals surface area contributed by atoms with E-state index in [1.54, 1.807) is 6.07 Å². The first kappa shape index (κ1) is 14.4. The summed E-state index contributed by atoms with van der Waals surface area (Å²) in [5, 5.41) is 3.33. The van der Waals surface area contributed by atoms with Crippen LogP contribution in [0.5, 0.6) is 0 Å². The molecule has 2 aromatic rings. The minimum atomic E-state index is -0.817. The molecular formula is C14H14ClF2NS. The van der Waals surface area contributed by atoms with E-state index in [0.717, 1.165) is 27.4 Å². The van der Waals surface area contributed by atoms with Crippen LogP contribution >= 0.6 is 22.9 Å². The molecule has 1 aromatic heterocycles. The molecule has 0 aliphatic heterocycles. The summed E-state index contributed by atoms with van der Waals surface area (Å²) in [6, 6.07) is 7.88. The Balaban J connectivity index is 2.18. The van der Waals surface area contributed by atoms with Crippen LogP contribution in [0.3, 0.4) is 0 Å². The van der Waals surface area contributed by atoms with Crippen molar-refractivity contribution in [2.75, 3.05) is 6.54 Å². The Morgan fingerprint density at radius 1 is 1.21 bits per heavy atom. The van der Waals surface area contributed by atoms with Crippen LogP contribution in [0.4, 0.5) is 8.78 Å². The number of benzene rings is 1. The van der Waals surface area contributed by atoms with Crippen molar-refractivity contribution in [3.05, 3.63) is 56.7 Å². The lowest BCUT2D eigenvalue weighted by molar-refractivity contribution is 0.503. The van der Waals surface area contributed by atoms with Crippen molar-refractivity contribution in [3.63, 3.8) is 0 Å². The molecule has 5 heteroatoms. The quantitative estimate of drug-likeness (QED) is 0.853. The van der Waals surface area contributed by atoms with Crippen molar-refractivity contribution in [1.82, 2.24) is 5.32 Å². The fourth-order valence-corrected chi connectivity index (χ4v) is 3.07. The third-order valence-electron chi connectivity index (χ3n) is 2.81. The third kappa shape index (κ3) is 3.75. The summed E-state index contributed by atoms with van der Waals surface area (Å²) in [5.41, 5.74) is 0.759. The van der Waals surface area contributed by atoms with Gasteiger partial charge >= 0.3 is 0 Å². The molecular weight excluding hydrogens is 288 g/mol. The van der Waals surface area contributed by atoms with Crippen molar-refractivity contribution in [2.45, 2.75) is 19.4 Å². The molecule has 1 aromatic carbocycles. The summed E-state index contributed by atoms with van der Waals surface area (Å²) >= 11 is 7.43. The first-order valence-electron chi connectivity index (χ1n) is 6.02. The second-order valence-corrected chi connectivity index (χ2v) is 5.95. The van der Waals surface area contributed by atoms with E-state index >= 15 is 0 Å². The predicted octanol–water partition coefficient (Wildman–Crippen LogP) is 4.57. The monoisotopic (exact) mass is 301 g/mol. The highest BCUT2D eigenvalue weighted by Crippen LogP contribution is 2.29. The van der Waals surface area contributed by atoms with E-state index in [-0.39, 0.29) is 6.04 Å². The maximum absolute atomic E-state index is 13.2. The van der Waals surface area contributed by atoms with E-state index in [1.807, 2.05) is 19.1 Å². The number of nitrogens with one attached hydrogen (secondary N) is 1. The van der Waals surface area contributed by atoms with E-state index in [9.17, 15) is 8.78 Å². The molecule has 0 saturated carbocycles. The van der Waals surface area contributed by atoms with Crippen LogP contribution in [0, 0.1) is 11.6 Å². The molecule has 0 spiro atoms. The Morgan fingerprint density at radius 2 is 2.00 bits per heavy atom. The van der Waals surface area contributed by atoms with E-state index in [0.29, 0.717) is 6.42 Å². The SMILES string of the molecule is CCNC(Cc1ccc(F)c(F)c1)c1ccc(Cl)s1. The highest BCUT2D eigenvalue weighted by atomic mass is 35.5. The maximum atomic E-state index is 13.2. The summed E-state index contributed by atoms with van der Waals surface area (Å²) in [6.45, 7) is 2.80. The molecule has 1 nitrogen and oxygen atoms in total. The van der Waals surface area contributed by atoms with Crippen LogP contribution in [0.1, 0.15) is 23.4 Å². The van der Waals surface area contributed by atoms with E-state index in [1.165, 1.54) is 17.4 Å². The van der Waals surface area contributed by atoms with Crippen molar-refractivity contribution in [3.8, 4) is 0 Å². The molecule has 0 radical (unpaired) electrons. The third-order valence-corrected chi connectivity index (χ3v) is 4.16. The fourth-order valence-electron chi connectivity index (χ4n) is 1.94. The van der Waals surface area contributed by atoms with E-state index in [2.05, 4.69) is 5.32 Å². The molecule has 1 unspecified atom stereocenters. The lowest BCUT2D eigenvalue weighted by Crippen LogP contribution is -2.22. The second kappa shape index (κ2) is 6.46. The fraction of sp³-hybridized carbons (Fsp3) is 0.286. The molecule has 0 bridgehead atoms. The number of rotatable bonds is 5. The molecule has 0 aliphatic rings. The zero-order chi connectivity index (χ0) is 13.8. The van der Waals surface area contributed by atoms with Gasteiger partial charge in [-0.05, 0) is 42.8 Å². The van der Waals surface area contributed by atoms with Crippen molar-refractivity contribution in [2.24, 2.45) is 0 Å². The summed E-state index contributed by atoms with van der Waals surface area (Å²) in [6.07, 6.45) is 0.599. The van der Waals surface area contributed by atoms with Crippen LogP contribution in [0.25, 0.3) is 0 Å². The van der Waals surface area contributed by atoms with Crippen LogP contribution in [0.2, 0.25) is 4.34 Å². The Morgan fingerprint density at radius 3 is 2.58 bits per heavy atom. The average molecular weight is 302 g/mol. The van der Waals surface area contributed by atoms with Gasteiger partial charge in [0, 0.05) is 10.9 Å². The Hall–Kier alpha value is -0.970. The zero-order valence-corrected chi connectivity index (χ0v) is 12.0. The first-order chi connectivity index (χ1) is 9.10. The first-order valence-corrected chi connectivity index (χ1v) is 7.22. The minimum absolute atomic E-state index is 0.0624. The van der Waals surface area contributed by atoms with Gasteiger partial charge in [-0.15, -0.1) is 11.3 Å². The van der Waals surface area contributed by atoms with Crippen LogP contribution < -0.4 is 5.32 Å². The highest BCUT2D eigenvalue weighted by Gasteiger charge is 2.14. The molecule has 1 heterocycles. The molecule has 2 rings (SSSR count). The average Bonchev–Trinajstić information content (AvgIpc) is 2.80. The lowest BCUT2D eigenvalue weighted by atomic mass is 10.0. The normalized spacial score (nSPS) is 12.6. The van der Waals surface area contributed by atoms with Crippen molar-refractivity contribution >= 4 is 22.9 Å². The molecule has 0 aliphatic carbocycles. The van der Waals surface area contributed by atoms with Crippen molar-refractivity contribution in [1.29, 1.82) is 0 Å². The van der Waals surface area contributed by atoms with Crippen LogP contribution in [-0.4, -0.2) is 6.54 Å². The molecule has 0 amide bonds.